The van der Waals surface area contributed by atoms with Crippen LogP contribution < -0.4 is 11.3 Å². The monoisotopic (exact) mass is 140 g/mol. The Morgan fingerprint density at radius 1 is 1.50 bits per heavy atom. The van der Waals surface area contributed by atoms with Gasteiger partial charge in [-0.2, -0.15) is 0 Å². The molecule has 0 fully saturated rings. The first-order valence-corrected chi connectivity index (χ1v) is 2.97. The van der Waals surface area contributed by atoms with Crippen LogP contribution in [0.15, 0.2) is 18.2 Å². The highest BCUT2D eigenvalue weighted by Gasteiger charge is 1.95. The molecule has 54 valence electrons. The van der Waals surface area contributed by atoms with Gasteiger partial charge in [0.25, 0.3) is 0 Å². The van der Waals surface area contributed by atoms with Crippen molar-refractivity contribution in [3.8, 4) is 0 Å². The molecular weight excluding hydrogens is 131 g/mol. The summed E-state index contributed by atoms with van der Waals surface area (Å²) in [6, 6.07) is 5.10. The zero-order chi connectivity index (χ0) is 7.56. The molecule has 3 N–H and O–H groups in total. The molecule has 0 heterocycles. The molecule has 1 rings (SSSR count). The molecule has 0 amide bonds. The molecule has 0 aliphatic rings. The fourth-order valence-corrected chi connectivity index (χ4v) is 0.768. The Morgan fingerprint density at radius 2 is 2.20 bits per heavy atom. The van der Waals surface area contributed by atoms with Crippen molar-refractivity contribution in [3.63, 3.8) is 0 Å². The molecule has 0 bridgehead atoms. The van der Waals surface area contributed by atoms with Gasteiger partial charge >= 0.3 is 0 Å². The average molecular weight is 140 g/mol. The summed E-state index contributed by atoms with van der Waals surface area (Å²) in [6.45, 7) is 1.90. The van der Waals surface area contributed by atoms with Crippen molar-refractivity contribution in [2.24, 2.45) is 0 Å². The molecule has 0 aliphatic carbocycles. The van der Waals surface area contributed by atoms with Gasteiger partial charge in [-0.25, -0.2) is 5.54 Å². The topological polar surface area (TPSA) is 38.0 Å². The van der Waals surface area contributed by atoms with E-state index in [9.17, 15) is 4.48 Å². The molecule has 3 heteroatoms. The summed E-state index contributed by atoms with van der Waals surface area (Å²) < 4.78 is 11.8. The first-order chi connectivity index (χ1) is 4.74. The Balaban J connectivity index is 3.07. The van der Waals surface area contributed by atoms with Gasteiger partial charge in [0.2, 0.25) is 0 Å². The molecule has 1 aromatic rings. The Kier molecular flexibility index (Phi) is 1.76. The number of anilines is 2. The lowest BCUT2D eigenvalue weighted by atomic mass is 10.2. The van der Waals surface area contributed by atoms with E-state index in [0.717, 1.165) is 5.56 Å². The lowest BCUT2D eigenvalue weighted by Gasteiger charge is -2.01. The Hall–Kier alpha value is -1.25. The van der Waals surface area contributed by atoms with Gasteiger partial charge in [-0.3, -0.25) is 0 Å². The number of aryl methyl sites for hydroxylation is 1. The van der Waals surface area contributed by atoms with Gasteiger partial charge in [0.15, 0.2) is 0 Å². The summed E-state index contributed by atoms with van der Waals surface area (Å²) in [5.74, 6) is 0. The summed E-state index contributed by atoms with van der Waals surface area (Å²) in [5, 5.41) is 0. The van der Waals surface area contributed by atoms with Crippen molar-refractivity contribution >= 4 is 11.4 Å². The SMILES string of the molecule is Cc1ccc(NF)c(N)c1. The number of hydrogen-bond donors (Lipinski definition) is 2. The van der Waals surface area contributed by atoms with Crippen molar-refractivity contribution < 1.29 is 4.48 Å². The highest BCUT2D eigenvalue weighted by molar-refractivity contribution is 5.65. The number of benzene rings is 1. The predicted octanol–water partition coefficient (Wildman–Crippen LogP) is 1.87. The highest BCUT2D eigenvalue weighted by atomic mass is 19.2. The maximum atomic E-state index is 11.8. The molecule has 0 saturated heterocycles. The number of nitrogen functional groups attached to an aromatic ring is 1. The summed E-state index contributed by atoms with van der Waals surface area (Å²) in [4.78, 5) is 0. The summed E-state index contributed by atoms with van der Waals surface area (Å²) in [7, 11) is 0. The molecule has 0 aromatic heterocycles. The maximum Gasteiger partial charge on any atom is 0.0885 e. The van der Waals surface area contributed by atoms with Gasteiger partial charge < -0.3 is 5.73 Å². The summed E-state index contributed by atoms with van der Waals surface area (Å²) in [6.07, 6.45) is 0. The molecule has 10 heavy (non-hydrogen) atoms. The third kappa shape index (κ3) is 1.18. The van der Waals surface area contributed by atoms with Crippen LogP contribution in [0.25, 0.3) is 0 Å². The van der Waals surface area contributed by atoms with E-state index in [0.29, 0.717) is 11.4 Å². The second-order valence-corrected chi connectivity index (χ2v) is 2.19. The number of rotatable bonds is 1. The van der Waals surface area contributed by atoms with Crippen LogP contribution in [0.4, 0.5) is 15.9 Å². The molecule has 0 saturated carbocycles. The summed E-state index contributed by atoms with van der Waals surface area (Å²) >= 11 is 0. The largest absolute Gasteiger partial charge is 0.397 e. The molecule has 0 spiro atoms. The number of nitrogens with two attached hydrogens (primary N) is 1. The predicted molar refractivity (Wildman–Crippen MR) is 40.3 cm³/mol. The van der Waals surface area contributed by atoms with Crippen molar-refractivity contribution in [1.29, 1.82) is 0 Å². The fourth-order valence-electron chi connectivity index (χ4n) is 0.768. The molecule has 2 nitrogen and oxygen atoms in total. The van der Waals surface area contributed by atoms with Crippen LogP contribution >= 0.6 is 0 Å². The molecule has 0 radical (unpaired) electrons. The van der Waals surface area contributed by atoms with Crippen molar-refractivity contribution in [3.05, 3.63) is 23.8 Å². The smallest absolute Gasteiger partial charge is 0.0885 e. The molecular formula is C7H9FN2. The average Bonchev–Trinajstić information content (AvgIpc) is 1.88. The second-order valence-electron chi connectivity index (χ2n) is 2.19. The van der Waals surface area contributed by atoms with Gasteiger partial charge in [0.05, 0.1) is 11.4 Å². The van der Waals surface area contributed by atoms with Gasteiger partial charge in [0.1, 0.15) is 0 Å². The lowest BCUT2D eigenvalue weighted by molar-refractivity contribution is 0.618. The van der Waals surface area contributed by atoms with E-state index in [1.807, 2.05) is 6.92 Å². The quantitative estimate of drug-likeness (QED) is 0.461. The van der Waals surface area contributed by atoms with Crippen molar-refractivity contribution in [2.75, 3.05) is 11.3 Å². The van der Waals surface area contributed by atoms with Crippen LogP contribution in [0.1, 0.15) is 5.56 Å². The zero-order valence-corrected chi connectivity index (χ0v) is 5.69. The van der Waals surface area contributed by atoms with Crippen LogP contribution in [0.2, 0.25) is 0 Å². The summed E-state index contributed by atoms with van der Waals surface area (Å²) in [5.41, 5.74) is 8.71. The highest BCUT2D eigenvalue weighted by Crippen LogP contribution is 2.18. The van der Waals surface area contributed by atoms with Crippen LogP contribution in [0.5, 0.6) is 0 Å². The zero-order valence-electron chi connectivity index (χ0n) is 5.69. The van der Waals surface area contributed by atoms with Crippen LogP contribution in [-0.2, 0) is 0 Å². The standard InChI is InChI=1S/C7H9FN2/c1-5-2-3-7(10-8)6(9)4-5/h2-4,10H,9H2,1H3. The molecule has 1 aromatic carbocycles. The maximum absolute atomic E-state index is 11.8. The Bertz CT molecular complexity index is 235. The van der Waals surface area contributed by atoms with E-state index >= 15 is 0 Å². The van der Waals surface area contributed by atoms with Gasteiger partial charge in [-0.05, 0) is 24.6 Å². The van der Waals surface area contributed by atoms with E-state index in [1.54, 1.807) is 18.2 Å². The Morgan fingerprint density at radius 3 is 2.70 bits per heavy atom. The number of hydrogen-bond acceptors (Lipinski definition) is 2. The van der Waals surface area contributed by atoms with E-state index in [2.05, 4.69) is 0 Å². The van der Waals surface area contributed by atoms with Crippen molar-refractivity contribution in [2.45, 2.75) is 6.92 Å². The lowest BCUT2D eigenvalue weighted by Crippen LogP contribution is -1.92. The van der Waals surface area contributed by atoms with E-state index in [4.69, 9.17) is 5.73 Å². The van der Waals surface area contributed by atoms with E-state index < -0.39 is 0 Å². The molecule has 0 unspecified atom stereocenters. The fraction of sp³-hybridized carbons (Fsp3) is 0.143. The minimum absolute atomic E-state index is 0.325. The van der Waals surface area contributed by atoms with Crippen LogP contribution in [0.3, 0.4) is 0 Å². The molecule has 0 aliphatic heterocycles. The second kappa shape index (κ2) is 2.56. The molecule has 0 atom stereocenters. The van der Waals surface area contributed by atoms with Crippen molar-refractivity contribution in [1.82, 2.24) is 0 Å². The third-order valence-corrected chi connectivity index (χ3v) is 1.31. The number of halogens is 1. The van der Waals surface area contributed by atoms with Crippen LogP contribution in [-0.4, -0.2) is 0 Å². The van der Waals surface area contributed by atoms with Crippen LogP contribution in [0, 0.1) is 6.92 Å². The third-order valence-electron chi connectivity index (χ3n) is 1.31. The van der Waals surface area contributed by atoms with Gasteiger partial charge in [-0.1, -0.05) is 6.07 Å². The normalized spacial score (nSPS) is 9.40. The minimum Gasteiger partial charge on any atom is -0.397 e. The first kappa shape index (κ1) is 6.86. The van der Waals surface area contributed by atoms with Gasteiger partial charge in [-0.15, -0.1) is 4.48 Å². The van der Waals surface area contributed by atoms with Gasteiger partial charge in [0, 0.05) is 0 Å². The Labute approximate surface area is 58.8 Å². The van der Waals surface area contributed by atoms with E-state index in [1.165, 1.54) is 5.54 Å². The first-order valence-electron chi connectivity index (χ1n) is 2.97. The minimum atomic E-state index is 0.325. The van der Waals surface area contributed by atoms with E-state index in [-0.39, 0.29) is 0 Å². The number of nitrogens with one attached hydrogen (secondary N) is 1.